The second-order valence-electron chi connectivity index (χ2n) is 3.46. The fraction of sp³-hybridized carbons (Fsp3) is 0.154. The number of hydrogen-bond donors (Lipinski definition) is 1. The van der Waals surface area contributed by atoms with Gasteiger partial charge in [-0.25, -0.2) is 4.98 Å². The summed E-state index contributed by atoms with van der Waals surface area (Å²) >= 11 is 0. The Hall–Kier alpha value is -1.87. The zero-order valence-corrected chi connectivity index (χ0v) is 8.97. The minimum absolute atomic E-state index is 0.608. The summed E-state index contributed by atoms with van der Waals surface area (Å²) in [4.78, 5) is 4.15. The maximum atomic E-state index is 5.61. The summed E-state index contributed by atoms with van der Waals surface area (Å²) in [5.74, 6) is 1.40. The molecule has 0 radical (unpaired) electrons. The van der Waals surface area contributed by atoms with Crippen molar-refractivity contribution in [3.05, 3.63) is 54.2 Å². The number of benzene rings is 1. The van der Waals surface area contributed by atoms with Crippen LogP contribution < -0.4 is 10.5 Å². The van der Waals surface area contributed by atoms with Gasteiger partial charge in [-0.1, -0.05) is 18.2 Å². The van der Waals surface area contributed by atoms with Crippen LogP contribution in [0, 0.1) is 0 Å². The predicted molar refractivity (Wildman–Crippen MR) is 63.5 cm³/mol. The third-order valence-electron chi connectivity index (χ3n) is 2.20. The standard InChI is InChI=1S/C13H14N2O/c14-8-6-11-7-9-15-13(10-11)16-12-4-2-1-3-5-12/h1-5,7,9-10H,6,8,14H2. The van der Waals surface area contributed by atoms with Gasteiger partial charge in [0.25, 0.3) is 0 Å². The Morgan fingerprint density at radius 1 is 1.12 bits per heavy atom. The lowest BCUT2D eigenvalue weighted by Crippen LogP contribution is -2.02. The molecule has 1 aromatic carbocycles. The molecule has 0 unspecified atom stereocenters. The van der Waals surface area contributed by atoms with Crippen LogP contribution in [-0.4, -0.2) is 11.5 Å². The number of rotatable bonds is 4. The summed E-state index contributed by atoms with van der Waals surface area (Å²) < 4.78 is 5.61. The van der Waals surface area contributed by atoms with Gasteiger partial charge in [0.1, 0.15) is 5.75 Å². The number of nitrogens with two attached hydrogens (primary N) is 1. The Kier molecular flexibility index (Phi) is 3.51. The van der Waals surface area contributed by atoms with Crippen molar-refractivity contribution in [2.24, 2.45) is 5.73 Å². The van der Waals surface area contributed by atoms with Crippen molar-refractivity contribution >= 4 is 0 Å². The van der Waals surface area contributed by atoms with Crippen LogP contribution >= 0.6 is 0 Å². The van der Waals surface area contributed by atoms with E-state index in [9.17, 15) is 0 Å². The molecule has 0 amide bonds. The van der Waals surface area contributed by atoms with Gasteiger partial charge < -0.3 is 10.5 Å². The zero-order chi connectivity index (χ0) is 11.2. The fourth-order valence-electron chi connectivity index (χ4n) is 1.44. The summed E-state index contributed by atoms with van der Waals surface area (Å²) in [7, 11) is 0. The molecule has 82 valence electrons. The first-order valence-corrected chi connectivity index (χ1v) is 5.26. The topological polar surface area (TPSA) is 48.1 Å². The SMILES string of the molecule is NCCc1ccnc(Oc2ccccc2)c1. The second-order valence-corrected chi connectivity index (χ2v) is 3.46. The Morgan fingerprint density at radius 2 is 1.94 bits per heavy atom. The molecule has 0 saturated heterocycles. The van der Waals surface area contributed by atoms with Gasteiger partial charge in [0.05, 0.1) is 0 Å². The number of nitrogens with zero attached hydrogens (tertiary/aromatic N) is 1. The summed E-state index contributed by atoms with van der Waals surface area (Å²) in [6, 6.07) is 13.5. The van der Waals surface area contributed by atoms with E-state index in [-0.39, 0.29) is 0 Å². The highest BCUT2D eigenvalue weighted by molar-refractivity contribution is 5.28. The van der Waals surface area contributed by atoms with Gasteiger partial charge in [-0.2, -0.15) is 0 Å². The molecule has 3 heteroatoms. The summed E-state index contributed by atoms with van der Waals surface area (Å²) in [6.45, 7) is 0.634. The van der Waals surface area contributed by atoms with Crippen LogP contribution in [0.25, 0.3) is 0 Å². The van der Waals surface area contributed by atoms with Gasteiger partial charge in [0.2, 0.25) is 5.88 Å². The van der Waals surface area contributed by atoms with Crippen molar-refractivity contribution in [1.82, 2.24) is 4.98 Å². The predicted octanol–water partition coefficient (Wildman–Crippen LogP) is 2.38. The van der Waals surface area contributed by atoms with Crippen LogP contribution in [0.15, 0.2) is 48.7 Å². The van der Waals surface area contributed by atoms with E-state index in [1.54, 1.807) is 6.20 Å². The third kappa shape index (κ3) is 2.81. The van der Waals surface area contributed by atoms with Gasteiger partial charge in [-0.3, -0.25) is 0 Å². The number of aromatic nitrogens is 1. The van der Waals surface area contributed by atoms with Gasteiger partial charge in [-0.15, -0.1) is 0 Å². The first kappa shape index (κ1) is 10.6. The van der Waals surface area contributed by atoms with Gasteiger partial charge in [-0.05, 0) is 36.7 Å². The number of hydrogen-bond acceptors (Lipinski definition) is 3. The molecule has 2 rings (SSSR count). The average Bonchev–Trinajstić information content (AvgIpc) is 2.31. The van der Waals surface area contributed by atoms with Crippen molar-refractivity contribution in [2.45, 2.75) is 6.42 Å². The summed E-state index contributed by atoms with van der Waals surface area (Å²) in [5, 5.41) is 0. The monoisotopic (exact) mass is 214 g/mol. The molecule has 2 aromatic rings. The van der Waals surface area contributed by atoms with E-state index >= 15 is 0 Å². The maximum absolute atomic E-state index is 5.61. The Morgan fingerprint density at radius 3 is 2.69 bits per heavy atom. The Balaban J connectivity index is 2.12. The van der Waals surface area contributed by atoms with Crippen molar-refractivity contribution in [2.75, 3.05) is 6.54 Å². The van der Waals surface area contributed by atoms with E-state index in [4.69, 9.17) is 10.5 Å². The van der Waals surface area contributed by atoms with Gasteiger partial charge in [0, 0.05) is 12.3 Å². The highest BCUT2D eigenvalue weighted by atomic mass is 16.5. The molecule has 0 aliphatic rings. The van der Waals surface area contributed by atoms with Crippen LogP contribution in [0.5, 0.6) is 11.6 Å². The molecule has 0 bridgehead atoms. The molecule has 0 spiro atoms. The van der Waals surface area contributed by atoms with Crippen LogP contribution in [0.4, 0.5) is 0 Å². The van der Waals surface area contributed by atoms with E-state index in [1.807, 2.05) is 42.5 Å². The summed E-state index contributed by atoms with van der Waals surface area (Å²) in [6.07, 6.45) is 2.58. The highest BCUT2D eigenvalue weighted by Gasteiger charge is 1.99. The van der Waals surface area contributed by atoms with E-state index in [0.29, 0.717) is 12.4 Å². The smallest absolute Gasteiger partial charge is 0.219 e. The van der Waals surface area contributed by atoms with Crippen LogP contribution in [0.3, 0.4) is 0 Å². The first-order valence-electron chi connectivity index (χ1n) is 5.26. The molecule has 16 heavy (non-hydrogen) atoms. The lowest BCUT2D eigenvalue weighted by atomic mass is 10.2. The lowest BCUT2D eigenvalue weighted by molar-refractivity contribution is 0.462. The molecule has 0 fully saturated rings. The van der Waals surface area contributed by atoms with Crippen LogP contribution in [0.2, 0.25) is 0 Å². The average molecular weight is 214 g/mol. The van der Waals surface area contributed by atoms with Crippen LogP contribution in [-0.2, 0) is 6.42 Å². The molecule has 0 saturated carbocycles. The Labute approximate surface area is 94.9 Å². The fourth-order valence-corrected chi connectivity index (χ4v) is 1.44. The van der Waals surface area contributed by atoms with E-state index < -0.39 is 0 Å². The normalized spacial score (nSPS) is 10.1. The van der Waals surface area contributed by atoms with E-state index in [1.165, 1.54) is 0 Å². The van der Waals surface area contributed by atoms with Gasteiger partial charge >= 0.3 is 0 Å². The minimum Gasteiger partial charge on any atom is -0.439 e. The largest absolute Gasteiger partial charge is 0.439 e. The summed E-state index contributed by atoms with van der Waals surface area (Å²) in [5.41, 5.74) is 6.64. The highest BCUT2D eigenvalue weighted by Crippen LogP contribution is 2.19. The maximum Gasteiger partial charge on any atom is 0.219 e. The molecular weight excluding hydrogens is 200 g/mol. The number of pyridine rings is 1. The number of ether oxygens (including phenoxy) is 1. The molecular formula is C13H14N2O. The van der Waals surface area contributed by atoms with Crippen molar-refractivity contribution in [1.29, 1.82) is 0 Å². The molecule has 0 atom stereocenters. The second kappa shape index (κ2) is 5.28. The van der Waals surface area contributed by atoms with Crippen LogP contribution in [0.1, 0.15) is 5.56 Å². The van der Waals surface area contributed by atoms with Crippen molar-refractivity contribution in [3.63, 3.8) is 0 Å². The molecule has 1 aromatic heterocycles. The third-order valence-corrected chi connectivity index (χ3v) is 2.20. The first-order chi connectivity index (χ1) is 7.88. The van der Waals surface area contributed by atoms with Gasteiger partial charge in [0.15, 0.2) is 0 Å². The molecule has 2 N–H and O–H groups in total. The lowest BCUT2D eigenvalue weighted by Gasteiger charge is -2.05. The molecule has 0 aliphatic heterocycles. The van der Waals surface area contributed by atoms with E-state index in [0.717, 1.165) is 17.7 Å². The molecule has 3 nitrogen and oxygen atoms in total. The molecule has 1 heterocycles. The zero-order valence-electron chi connectivity index (χ0n) is 8.97. The molecule has 0 aliphatic carbocycles. The minimum atomic E-state index is 0.608. The Bertz CT molecular complexity index is 443. The quantitative estimate of drug-likeness (QED) is 0.850. The van der Waals surface area contributed by atoms with Crippen molar-refractivity contribution < 1.29 is 4.74 Å². The van der Waals surface area contributed by atoms with E-state index in [2.05, 4.69) is 4.98 Å². The number of para-hydroxylation sites is 1. The van der Waals surface area contributed by atoms with Crippen molar-refractivity contribution in [3.8, 4) is 11.6 Å².